The van der Waals surface area contributed by atoms with E-state index in [2.05, 4.69) is 10.6 Å². The molecule has 1 aliphatic heterocycles. The van der Waals surface area contributed by atoms with E-state index in [1.807, 2.05) is 0 Å². The molecule has 1 fully saturated rings. The van der Waals surface area contributed by atoms with E-state index in [9.17, 15) is 27.2 Å². The van der Waals surface area contributed by atoms with Crippen molar-refractivity contribution in [1.82, 2.24) is 15.2 Å². The second-order valence-corrected chi connectivity index (χ2v) is 16.6. The van der Waals surface area contributed by atoms with Gasteiger partial charge in [-0.15, -0.1) is 0 Å². The molecule has 2 N–H and O–H groups in total. The Labute approximate surface area is 322 Å². The molecule has 15 heteroatoms. The summed E-state index contributed by atoms with van der Waals surface area (Å²) < 4.78 is 58.6. The molecule has 0 aliphatic carbocycles. The van der Waals surface area contributed by atoms with Crippen molar-refractivity contribution in [3.63, 3.8) is 0 Å². The van der Waals surface area contributed by atoms with Gasteiger partial charge in [0.15, 0.2) is 5.58 Å². The molecule has 56 heavy (non-hydrogen) atoms. The van der Waals surface area contributed by atoms with Crippen LogP contribution in [0.4, 0.5) is 20.6 Å². The van der Waals surface area contributed by atoms with Crippen molar-refractivity contribution >= 4 is 61.4 Å². The first-order valence-corrected chi connectivity index (χ1v) is 19.7. The fraction of sp³-hybridized carbons (Fsp3) is 0.268. The SMILES string of the molecule is CNC(=O)c1c(-c2ccc(F)cc2)oc2cc(N(C)S(C)(=O)=O)c(-c3cccc(-c4nc5cc(NC(=O)[C@@H]6CCCN6C(=O)OC(C)(C)C)ccc5o4)c3)cc12. The van der Waals surface area contributed by atoms with Crippen LogP contribution in [0.2, 0.25) is 0 Å². The maximum absolute atomic E-state index is 13.8. The quantitative estimate of drug-likeness (QED) is 0.157. The molecular weight excluding hydrogens is 742 g/mol. The minimum absolute atomic E-state index is 0.198. The van der Waals surface area contributed by atoms with Crippen molar-refractivity contribution in [2.75, 3.05) is 36.5 Å². The van der Waals surface area contributed by atoms with Gasteiger partial charge in [-0.05, 0) is 99.8 Å². The van der Waals surface area contributed by atoms with Gasteiger partial charge < -0.3 is 24.2 Å². The topological polar surface area (TPSA) is 164 Å². The number of benzene rings is 4. The number of halogens is 1. The Morgan fingerprint density at radius 3 is 2.38 bits per heavy atom. The monoisotopic (exact) mass is 781 g/mol. The van der Waals surface area contributed by atoms with Crippen LogP contribution < -0.4 is 14.9 Å². The van der Waals surface area contributed by atoms with Crippen molar-refractivity contribution in [2.45, 2.75) is 45.3 Å². The van der Waals surface area contributed by atoms with Crippen LogP contribution in [-0.2, 0) is 19.6 Å². The maximum atomic E-state index is 13.8. The number of likely N-dealkylation sites (tertiary alicyclic amines) is 1. The second-order valence-electron chi connectivity index (χ2n) is 14.6. The van der Waals surface area contributed by atoms with E-state index in [1.54, 1.807) is 75.4 Å². The fourth-order valence-corrected chi connectivity index (χ4v) is 7.22. The number of carbonyl (C=O) groups is 3. The third-order valence-electron chi connectivity index (χ3n) is 9.46. The highest BCUT2D eigenvalue weighted by Gasteiger charge is 2.37. The molecule has 13 nitrogen and oxygen atoms in total. The van der Waals surface area contributed by atoms with Crippen LogP contribution in [-0.4, -0.2) is 74.7 Å². The number of oxazole rings is 1. The van der Waals surface area contributed by atoms with Crippen LogP contribution in [0.1, 0.15) is 44.0 Å². The second kappa shape index (κ2) is 14.5. The Hall–Kier alpha value is -6.22. The van der Waals surface area contributed by atoms with Gasteiger partial charge in [-0.1, -0.05) is 12.1 Å². The van der Waals surface area contributed by atoms with Crippen LogP contribution in [0.5, 0.6) is 0 Å². The number of ether oxygens (including phenoxy) is 1. The number of nitrogens with zero attached hydrogens (tertiary/aromatic N) is 3. The first-order chi connectivity index (χ1) is 26.5. The molecular formula is C41H40FN5O8S. The van der Waals surface area contributed by atoms with Gasteiger partial charge in [0, 0.05) is 54.5 Å². The lowest BCUT2D eigenvalue weighted by Crippen LogP contribution is -2.45. The molecule has 0 bridgehead atoms. The highest BCUT2D eigenvalue weighted by atomic mass is 32.2. The average molecular weight is 782 g/mol. The minimum Gasteiger partial charge on any atom is -0.455 e. The van der Waals surface area contributed by atoms with Crippen molar-refractivity contribution in [3.8, 4) is 33.9 Å². The predicted molar refractivity (Wildman–Crippen MR) is 211 cm³/mol. The summed E-state index contributed by atoms with van der Waals surface area (Å²) >= 11 is 0. The van der Waals surface area contributed by atoms with Gasteiger partial charge in [-0.2, -0.15) is 0 Å². The number of amides is 3. The van der Waals surface area contributed by atoms with Crippen LogP contribution >= 0.6 is 0 Å². The number of rotatable bonds is 8. The first kappa shape index (κ1) is 38.1. The number of aromatic nitrogens is 1. The lowest BCUT2D eigenvalue weighted by Gasteiger charge is -2.28. The summed E-state index contributed by atoms with van der Waals surface area (Å²) in [5.74, 6) is -0.770. The number of fused-ring (bicyclic) bond motifs is 2. The lowest BCUT2D eigenvalue weighted by molar-refractivity contribution is -0.120. The van der Waals surface area contributed by atoms with Gasteiger partial charge in [0.2, 0.25) is 21.8 Å². The van der Waals surface area contributed by atoms with E-state index >= 15 is 0 Å². The van der Waals surface area contributed by atoms with Crippen molar-refractivity contribution < 1.29 is 40.8 Å². The highest BCUT2D eigenvalue weighted by molar-refractivity contribution is 7.92. The highest BCUT2D eigenvalue weighted by Crippen LogP contribution is 2.42. The largest absolute Gasteiger partial charge is 0.455 e. The smallest absolute Gasteiger partial charge is 0.410 e. The standard InChI is InChI=1S/C41H40FN5O8S/c1-41(2,3)55-40(50)47-18-8-11-31(47)37(48)44-27-16-17-33-30(20-27)45-39(54-33)25-10-7-9-24(19-25)28-21-29-34(22-32(28)46(5)56(6,51)52)53-36(35(29)38(49)43-4)23-12-14-26(42)15-13-23/h7,9-10,12-17,19-22,31H,8,11,18H2,1-6H3,(H,43,49)(H,44,48)/t31-/m0/s1. The number of anilines is 2. The molecule has 3 heterocycles. The molecule has 0 radical (unpaired) electrons. The third kappa shape index (κ3) is 7.54. The van der Waals surface area contributed by atoms with E-state index in [4.69, 9.17) is 18.6 Å². The Bertz CT molecular complexity index is 2630. The summed E-state index contributed by atoms with van der Waals surface area (Å²) in [4.78, 5) is 45.6. The number of furan rings is 1. The number of carbonyl (C=O) groups excluding carboxylic acids is 3. The molecule has 3 amide bonds. The van der Waals surface area contributed by atoms with Crippen molar-refractivity contribution in [3.05, 3.63) is 90.2 Å². The fourth-order valence-electron chi connectivity index (χ4n) is 6.71. The van der Waals surface area contributed by atoms with Crippen LogP contribution in [0.15, 0.2) is 87.7 Å². The van der Waals surface area contributed by atoms with Gasteiger partial charge in [0.05, 0.1) is 17.5 Å². The number of sulfonamides is 1. The van der Waals surface area contributed by atoms with Gasteiger partial charge in [-0.3, -0.25) is 18.8 Å². The van der Waals surface area contributed by atoms with E-state index in [0.717, 1.165) is 10.6 Å². The number of nitrogens with one attached hydrogen (secondary N) is 2. The lowest BCUT2D eigenvalue weighted by atomic mass is 9.97. The molecule has 4 aromatic carbocycles. The van der Waals surface area contributed by atoms with Gasteiger partial charge >= 0.3 is 6.09 Å². The molecule has 1 saturated heterocycles. The minimum atomic E-state index is -3.76. The summed E-state index contributed by atoms with van der Waals surface area (Å²) in [5, 5.41) is 5.96. The summed E-state index contributed by atoms with van der Waals surface area (Å²) in [7, 11) is -0.857. The molecule has 0 spiro atoms. The van der Waals surface area contributed by atoms with Crippen LogP contribution in [0.25, 0.3) is 56.0 Å². The zero-order chi connectivity index (χ0) is 40.1. The van der Waals surface area contributed by atoms with Crippen molar-refractivity contribution in [1.29, 1.82) is 0 Å². The van der Waals surface area contributed by atoms with Gasteiger partial charge in [-0.25, -0.2) is 22.6 Å². The molecule has 290 valence electrons. The number of hydrogen-bond donors (Lipinski definition) is 2. The third-order valence-corrected chi connectivity index (χ3v) is 10.7. The van der Waals surface area contributed by atoms with Crippen LogP contribution in [0, 0.1) is 5.82 Å². The molecule has 2 aromatic heterocycles. The summed E-state index contributed by atoms with van der Waals surface area (Å²) in [6.07, 6.45) is 1.74. The zero-order valence-electron chi connectivity index (χ0n) is 31.6. The van der Waals surface area contributed by atoms with E-state index in [-0.39, 0.29) is 34.4 Å². The Balaban J connectivity index is 1.24. The van der Waals surface area contributed by atoms with E-state index < -0.39 is 39.5 Å². The Morgan fingerprint density at radius 2 is 1.68 bits per heavy atom. The Morgan fingerprint density at radius 1 is 0.946 bits per heavy atom. The Kier molecular flexibility index (Phi) is 9.83. The van der Waals surface area contributed by atoms with Crippen molar-refractivity contribution in [2.24, 2.45) is 0 Å². The number of hydrogen-bond acceptors (Lipinski definition) is 9. The molecule has 1 aliphatic rings. The maximum Gasteiger partial charge on any atom is 0.410 e. The molecule has 7 rings (SSSR count). The molecule has 1 atom stereocenters. The van der Waals surface area contributed by atoms with Gasteiger partial charge in [0.25, 0.3) is 5.91 Å². The van der Waals surface area contributed by atoms with E-state index in [1.165, 1.54) is 43.3 Å². The zero-order valence-corrected chi connectivity index (χ0v) is 32.4. The summed E-state index contributed by atoms with van der Waals surface area (Å²) in [6, 6.07) is 20.3. The normalized spacial score (nSPS) is 14.6. The molecule has 0 unspecified atom stereocenters. The molecule has 0 saturated carbocycles. The predicted octanol–water partition coefficient (Wildman–Crippen LogP) is 7.81. The average Bonchev–Trinajstić information content (AvgIpc) is 3.90. The molecule has 6 aromatic rings. The van der Waals surface area contributed by atoms with E-state index in [0.29, 0.717) is 63.8 Å². The van der Waals surface area contributed by atoms with Crippen LogP contribution in [0.3, 0.4) is 0 Å². The first-order valence-electron chi connectivity index (χ1n) is 17.8. The summed E-state index contributed by atoms with van der Waals surface area (Å²) in [6.45, 7) is 5.76. The summed E-state index contributed by atoms with van der Waals surface area (Å²) in [5.41, 5.74) is 3.54. The van der Waals surface area contributed by atoms with Gasteiger partial charge in [0.1, 0.15) is 34.3 Å².